The van der Waals surface area contributed by atoms with Gasteiger partial charge in [-0.15, -0.1) is 0 Å². The van der Waals surface area contributed by atoms with Crippen LogP contribution in [0, 0.1) is 5.92 Å². The van der Waals surface area contributed by atoms with E-state index < -0.39 is 0 Å². The minimum absolute atomic E-state index is 0.848. The SMILES string of the molecule is O=[C]N1CCN(CCCC2CCOCC2)CC1. The van der Waals surface area contributed by atoms with Gasteiger partial charge in [0.25, 0.3) is 0 Å². The monoisotopic (exact) mass is 239 g/mol. The van der Waals surface area contributed by atoms with Gasteiger partial charge in [-0.1, -0.05) is 0 Å². The van der Waals surface area contributed by atoms with Crippen molar-refractivity contribution in [3.05, 3.63) is 0 Å². The lowest BCUT2D eigenvalue weighted by Crippen LogP contribution is -2.45. The molecule has 0 aromatic carbocycles. The molecule has 97 valence electrons. The molecule has 0 saturated carbocycles. The van der Waals surface area contributed by atoms with Gasteiger partial charge < -0.3 is 9.64 Å². The third-order valence-corrected chi connectivity index (χ3v) is 3.93. The van der Waals surface area contributed by atoms with Crippen molar-refractivity contribution >= 4 is 6.41 Å². The predicted molar refractivity (Wildman–Crippen MR) is 66.5 cm³/mol. The molecule has 1 radical (unpaired) electrons. The van der Waals surface area contributed by atoms with Crippen molar-refractivity contribution in [1.82, 2.24) is 9.80 Å². The summed E-state index contributed by atoms with van der Waals surface area (Å²) in [6, 6.07) is 0. The molecular weight excluding hydrogens is 216 g/mol. The van der Waals surface area contributed by atoms with E-state index in [4.69, 9.17) is 4.74 Å². The topological polar surface area (TPSA) is 32.8 Å². The Labute approximate surface area is 104 Å². The van der Waals surface area contributed by atoms with Crippen LogP contribution in [-0.2, 0) is 9.53 Å². The highest BCUT2D eigenvalue weighted by Crippen LogP contribution is 2.20. The largest absolute Gasteiger partial charge is 0.381 e. The van der Waals surface area contributed by atoms with Gasteiger partial charge in [-0.3, -0.25) is 9.69 Å². The average Bonchev–Trinajstić information content (AvgIpc) is 2.41. The summed E-state index contributed by atoms with van der Waals surface area (Å²) in [7, 11) is 0. The van der Waals surface area contributed by atoms with Crippen molar-refractivity contribution in [1.29, 1.82) is 0 Å². The first-order valence-corrected chi connectivity index (χ1v) is 6.81. The Morgan fingerprint density at radius 2 is 1.82 bits per heavy atom. The fourth-order valence-corrected chi connectivity index (χ4v) is 2.70. The Morgan fingerprint density at radius 3 is 2.47 bits per heavy atom. The number of rotatable bonds is 5. The molecule has 2 aliphatic heterocycles. The first kappa shape index (κ1) is 12.8. The maximum atomic E-state index is 10.5. The van der Waals surface area contributed by atoms with Gasteiger partial charge >= 0.3 is 6.41 Å². The molecule has 2 fully saturated rings. The minimum atomic E-state index is 0.848. The zero-order chi connectivity index (χ0) is 11.9. The van der Waals surface area contributed by atoms with Crippen molar-refractivity contribution in [2.75, 3.05) is 45.9 Å². The van der Waals surface area contributed by atoms with E-state index in [-0.39, 0.29) is 0 Å². The molecule has 0 bridgehead atoms. The average molecular weight is 239 g/mol. The van der Waals surface area contributed by atoms with Crippen molar-refractivity contribution in [3.63, 3.8) is 0 Å². The van der Waals surface area contributed by atoms with Crippen LogP contribution in [0.25, 0.3) is 0 Å². The Bertz CT molecular complexity index is 221. The number of hydrogen-bond donors (Lipinski definition) is 0. The second kappa shape index (κ2) is 6.97. The molecule has 4 heteroatoms. The molecule has 0 atom stereocenters. The highest BCUT2D eigenvalue weighted by Gasteiger charge is 2.17. The summed E-state index contributed by atoms with van der Waals surface area (Å²) in [5.74, 6) is 0.883. The highest BCUT2D eigenvalue weighted by molar-refractivity contribution is 5.48. The Hall–Kier alpha value is -0.610. The van der Waals surface area contributed by atoms with Gasteiger partial charge in [0, 0.05) is 39.4 Å². The first-order chi connectivity index (χ1) is 8.38. The van der Waals surface area contributed by atoms with Crippen LogP contribution in [0.15, 0.2) is 0 Å². The Balaban J connectivity index is 1.54. The van der Waals surface area contributed by atoms with Crippen LogP contribution in [-0.4, -0.2) is 62.1 Å². The second-order valence-corrected chi connectivity index (χ2v) is 5.12. The first-order valence-electron chi connectivity index (χ1n) is 6.81. The highest BCUT2D eigenvalue weighted by atomic mass is 16.5. The smallest absolute Gasteiger partial charge is 0.312 e. The molecule has 2 saturated heterocycles. The zero-order valence-corrected chi connectivity index (χ0v) is 10.6. The number of nitrogens with zero attached hydrogens (tertiary/aromatic N) is 2. The quantitative estimate of drug-likeness (QED) is 0.714. The summed E-state index contributed by atoms with van der Waals surface area (Å²) >= 11 is 0. The van der Waals surface area contributed by atoms with Crippen LogP contribution in [0.4, 0.5) is 0 Å². The van der Waals surface area contributed by atoms with E-state index in [9.17, 15) is 4.79 Å². The maximum Gasteiger partial charge on any atom is 0.312 e. The van der Waals surface area contributed by atoms with Crippen LogP contribution in [0.2, 0.25) is 0 Å². The number of piperazine rings is 1. The lowest BCUT2D eigenvalue weighted by molar-refractivity contribution is 0.0617. The van der Waals surface area contributed by atoms with Gasteiger partial charge in [-0.05, 0) is 38.1 Å². The van der Waals surface area contributed by atoms with E-state index in [1.165, 1.54) is 32.2 Å². The van der Waals surface area contributed by atoms with Gasteiger partial charge in [-0.2, -0.15) is 0 Å². The number of ether oxygens (including phenoxy) is 1. The third-order valence-electron chi connectivity index (χ3n) is 3.93. The van der Waals surface area contributed by atoms with E-state index in [1.807, 2.05) is 6.41 Å². The molecule has 0 N–H and O–H groups in total. The van der Waals surface area contributed by atoms with Crippen LogP contribution >= 0.6 is 0 Å². The molecular formula is C13H23N2O2. The van der Waals surface area contributed by atoms with Gasteiger partial charge in [0.2, 0.25) is 0 Å². The lowest BCUT2D eigenvalue weighted by Gasteiger charge is -2.32. The van der Waals surface area contributed by atoms with Crippen molar-refractivity contribution in [2.45, 2.75) is 25.7 Å². The minimum Gasteiger partial charge on any atom is -0.381 e. The molecule has 2 aliphatic rings. The van der Waals surface area contributed by atoms with Crippen molar-refractivity contribution < 1.29 is 9.53 Å². The zero-order valence-electron chi connectivity index (χ0n) is 10.6. The van der Waals surface area contributed by atoms with E-state index in [1.54, 1.807) is 4.90 Å². The standard InChI is InChI=1S/C13H23N2O2/c16-12-15-8-6-14(7-9-15)5-1-2-13-3-10-17-11-4-13/h13H,1-11H2. The Morgan fingerprint density at radius 1 is 1.12 bits per heavy atom. The molecule has 2 heterocycles. The molecule has 0 spiro atoms. The summed E-state index contributed by atoms with van der Waals surface area (Å²) < 4.78 is 5.37. The third kappa shape index (κ3) is 4.28. The van der Waals surface area contributed by atoms with Gasteiger partial charge in [-0.25, -0.2) is 0 Å². The molecule has 0 unspecified atom stereocenters. The molecule has 2 rings (SSSR count). The van der Waals surface area contributed by atoms with E-state index in [0.29, 0.717) is 0 Å². The summed E-state index contributed by atoms with van der Waals surface area (Å²) in [4.78, 5) is 14.7. The van der Waals surface area contributed by atoms with Gasteiger partial charge in [0.1, 0.15) is 0 Å². The summed E-state index contributed by atoms with van der Waals surface area (Å²) in [5.41, 5.74) is 0. The van der Waals surface area contributed by atoms with Crippen LogP contribution in [0.5, 0.6) is 0 Å². The summed E-state index contributed by atoms with van der Waals surface area (Å²) in [5, 5.41) is 0. The molecule has 0 aliphatic carbocycles. The molecule has 0 aromatic heterocycles. The van der Waals surface area contributed by atoms with Crippen LogP contribution in [0.3, 0.4) is 0 Å². The van der Waals surface area contributed by atoms with Crippen LogP contribution in [0.1, 0.15) is 25.7 Å². The molecule has 1 amide bonds. The molecule has 4 nitrogen and oxygen atoms in total. The van der Waals surface area contributed by atoms with E-state index in [2.05, 4.69) is 4.90 Å². The maximum absolute atomic E-state index is 10.5. The number of carbonyl (C=O) groups excluding carboxylic acids is 1. The van der Waals surface area contributed by atoms with Crippen molar-refractivity contribution in [2.24, 2.45) is 5.92 Å². The number of hydrogen-bond acceptors (Lipinski definition) is 3. The summed E-state index contributed by atoms with van der Waals surface area (Å²) in [6.45, 7) is 6.83. The second-order valence-electron chi connectivity index (χ2n) is 5.12. The van der Waals surface area contributed by atoms with Gasteiger partial charge in [0.15, 0.2) is 0 Å². The van der Waals surface area contributed by atoms with Crippen LogP contribution < -0.4 is 0 Å². The molecule has 17 heavy (non-hydrogen) atoms. The summed E-state index contributed by atoms with van der Waals surface area (Å²) in [6.07, 6.45) is 7.09. The van der Waals surface area contributed by atoms with E-state index in [0.717, 1.165) is 45.3 Å². The Kier molecular flexibility index (Phi) is 5.26. The van der Waals surface area contributed by atoms with E-state index >= 15 is 0 Å². The fourth-order valence-electron chi connectivity index (χ4n) is 2.70. The van der Waals surface area contributed by atoms with Gasteiger partial charge in [0.05, 0.1) is 0 Å². The fraction of sp³-hybridized carbons (Fsp3) is 0.923. The molecule has 0 aromatic rings. The van der Waals surface area contributed by atoms with Crippen molar-refractivity contribution in [3.8, 4) is 0 Å². The lowest BCUT2D eigenvalue weighted by atomic mass is 9.95. The number of amides is 1. The predicted octanol–water partition coefficient (Wildman–Crippen LogP) is 0.878. The normalized spacial score (nSPS) is 23.9.